The van der Waals surface area contributed by atoms with Crippen LogP contribution in [0.1, 0.15) is 32.6 Å². The Hall–Kier alpha value is -2.18. The molecule has 2 N–H and O–H groups in total. The van der Waals surface area contributed by atoms with Gasteiger partial charge in [-0.1, -0.05) is 12.8 Å². The van der Waals surface area contributed by atoms with Gasteiger partial charge in [-0.05, 0) is 25.8 Å². The minimum atomic E-state index is -0.507. The number of hydrogen-bond donors (Lipinski definition) is 2. The molecule has 1 aromatic heterocycles. The number of rotatable bonds is 5. The first-order valence-electron chi connectivity index (χ1n) is 6.73. The first-order valence-corrected chi connectivity index (χ1v) is 6.73. The first kappa shape index (κ1) is 14.2. The van der Waals surface area contributed by atoms with E-state index in [1.165, 1.54) is 18.3 Å². The van der Waals surface area contributed by atoms with Gasteiger partial charge >= 0.3 is 0 Å². The number of hydrogen-bond acceptors (Lipinski definition) is 5. The lowest BCUT2D eigenvalue weighted by molar-refractivity contribution is -0.385. The second kappa shape index (κ2) is 6.31. The molecule has 0 unspecified atom stereocenters. The summed E-state index contributed by atoms with van der Waals surface area (Å²) in [6, 6.07) is 2.70. The Morgan fingerprint density at radius 2 is 2.15 bits per heavy atom. The Bertz CT molecular complexity index is 483. The van der Waals surface area contributed by atoms with Gasteiger partial charge < -0.3 is 10.6 Å². The summed E-state index contributed by atoms with van der Waals surface area (Å²) in [5, 5.41) is 16.4. The lowest BCUT2D eigenvalue weighted by Crippen LogP contribution is -2.42. The summed E-state index contributed by atoms with van der Waals surface area (Å²) < 4.78 is 0. The van der Waals surface area contributed by atoms with Crippen molar-refractivity contribution < 1.29 is 9.72 Å². The Morgan fingerprint density at radius 3 is 2.70 bits per heavy atom. The quantitative estimate of drug-likeness (QED) is 0.632. The predicted octanol–water partition coefficient (Wildman–Crippen LogP) is 1.85. The van der Waals surface area contributed by atoms with E-state index >= 15 is 0 Å². The molecule has 1 aliphatic rings. The molecule has 1 amide bonds. The minimum Gasteiger partial charge on any atom is -0.359 e. The van der Waals surface area contributed by atoms with Gasteiger partial charge in [-0.2, -0.15) is 0 Å². The Morgan fingerprint density at radius 1 is 1.45 bits per heavy atom. The van der Waals surface area contributed by atoms with Gasteiger partial charge in [0.25, 0.3) is 5.69 Å². The van der Waals surface area contributed by atoms with Crippen LogP contribution in [0.4, 0.5) is 11.5 Å². The van der Waals surface area contributed by atoms with Crippen LogP contribution in [0.3, 0.4) is 0 Å². The fourth-order valence-electron chi connectivity index (χ4n) is 2.26. The summed E-state index contributed by atoms with van der Waals surface area (Å²) in [5.74, 6) is 0.377. The lowest BCUT2D eigenvalue weighted by Gasteiger charge is -2.18. The monoisotopic (exact) mass is 278 g/mol. The fraction of sp³-hybridized carbons (Fsp3) is 0.538. The lowest BCUT2D eigenvalue weighted by atomic mass is 10.2. The maximum Gasteiger partial charge on any atom is 0.287 e. The minimum absolute atomic E-state index is 0.0707. The molecule has 20 heavy (non-hydrogen) atoms. The van der Waals surface area contributed by atoms with Gasteiger partial charge in [-0.15, -0.1) is 0 Å². The molecule has 1 atom stereocenters. The highest BCUT2D eigenvalue weighted by Crippen LogP contribution is 2.18. The summed E-state index contributed by atoms with van der Waals surface area (Å²) in [5.41, 5.74) is -0.0707. The number of nitro groups is 1. The van der Waals surface area contributed by atoms with E-state index in [4.69, 9.17) is 0 Å². The zero-order valence-corrected chi connectivity index (χ0v) is 11.3. The van der Waals surface area contributed by atoms with E-state index < -0.39 is 11.0 Å². The molecular formula is C13H18N4O3. The van der Waals surface area contributed by atoms with Crippen molar-refractivity contribution in [3.05, 3.63) is 28.4 Å². The van der Waals surface area contributed by atoms with E-state index in [0.29, 0.717) is 5.82 Å². The number of nitrogens with one attached hydrogen (secondary N) is 2. The number of aromatic nitrogens is 1. The third kappa shape index (κ3) is 3.66. The van der Waals surface area contributed by atoms with Crippen LogP contribution in [0.5, 0.6) is 0 Å². The molecule has 7 nitrogen and oxygen atoms in total. The van der Waals surface area contributed by atoms with Crippen molar-refractivity contribution in [1.29, 1.82) is 0 Å². The highest BCUT2D eigenvalue weighted by molar-refractivity contribution is 5.84. The van der Waals surface area contributed by atoms with Gasteiger partial charge in [-0.25, -0.2) is 4.98 Å². The molecule has 1 aliphatic carbocycles. The number of carbonyl (C=O) groups excluding carboxylic acids is 1. The number of carbonyl (C=O) groups is 1. The first-order chi connectivity index (χ1) is 9.56. The van der Waals surface area contributed by atoms with E-state index in [2.05, 4.69) is 15.6 Å². The summed E-state index contributed by atoms with van der Waals surface area (Å²) in [6.45, 7) is 1.74. The van der Waals surface area contributed by atoms with Gasteiger partial charge in [0, 0.05) is 12.1 Å². The average Bonchev–Trinajstić information content (AvgIpc) is 2.92. The highest BCUT2D eigenvalue weighted by Gasteiger charge is 2.20. The largest absolute Gasteiger partial charge is 0.359 e. The molecule has 0 bridgehead atoms. The SMILES string of the molecule is C[C@H](Nc1ccc([N+](=O)[O-])cn1)C(=O)NC1CCCC1. The van der Waals surface area contributed by atoms with Gasteiger partial charge in [0.2, 0.25) is 5.91 Å². The third-order valence-electron chi connectivity index (χ3n) is 3.42. The fourth-order valence-corrected chi connectivity index (χ4v) is 2.26. The average molecular weight is 278 g/mol. The molecule has 1 fully saturated rings. The van der Waals surface area contributed by atoms with Crippen LogP contribution in [0.15, 0.2) is 18.3 Å². The molecule has 1 aromatic rings. The maximum absolute atomic E-state index is 12.0. The highest BCUT2D eigenvalue weighted by atomic mass is 16.6. The van der Waals surface area contributed by atoms with Crippen molar-refractivity contribution in [2.24, 2.45) is 0 Å². The second-order valence-corrected chi connectivity index (χ2v) is 5.01. The Balaban J connectivity index is 1.87. The molecule has 0 spiro atoms. The van der Waals surface area contributed by atoms with E-state index in [0.717, 1.165) is 25.7 Å². The Labute approximate surface area is 116 Å². The standard InChI is InChI=1S/C13H18N4O3/c1-9(13(18)16-10-4-2-3-5-10)15-12-7-6-11(8-14-12)17(19)20/h6-10H,2-5H2,1H3,(H,14,15)(H,16,18)/t9-/m0/s1. The smallest absolute Gasteiger partial charge is 0.287 e. The maximum atomic E-state index is 12.0. The van der Waals surface area contributed by atoms with E-state index in [1.54, 1.807) is 6.92 Å². The zero-order valence-electron chi connectivity index (χ0n) is 11.3. The van der Waals surface area contributed by atoms with Crippen LogP contribution in [0, 0.1) is 10.1 Å². The van der Waals surface area contributed by atoms with Crippen molar-refractivity contribution >= 4 is 17.4 Å². The topological polar surface area (TPSA) is 97.2 Å². The van der Waals surface area contributed by atoms with Crippen LogP contribution in [-0.4, -0.2) is 27.9 Å². The van der Waals surface area contributed by atoms with E-state index in [-0.39, 0.29) is 17.6 Å². The molecule has 0 aliphatic heterocycles. The molecule has 1 saturated carbocycles. The van der Waals surface area contributed by atoms with Gasteiger partial charge in [0.05, 0.1) is 4.92 Å². The Kier molecular flexibility index (Phi) is 4.49. The predicted molar refractivity (Wildman–Crippen MR) is 74.4 cm³/mol. The van der Waals surface area contributed by atoms with Crippen molar-refractivity contribution in [3.63, 3.8) is 0 Å². The summed E-state index contributed by atoms with van der Waals surface area (Å²) >= 11 is 0. The third-order valence-corrected chi connectivity index (χ3v) is 3.42. The number of nitrogens with zero attached hydrogens (tertiary/aromatic N) is 2. The van der Waals surface area contributed by atoms with E-state index in [9.17, 15) is 14.9 Å². The molecule has 0 aromatic carbocycles. The second-order valence-electron chi connectivity index (χ2n) is 5.01. The zero-order chi connectivity index (χ0) is 14.5. The molecule has 0 saturated heterocycles. The summed E-state index contributed by atoms with van der Waals surface area (Å²) in [7, 11) is 0. The van der Waals surface area contributed by atoms with Crippen LogP contribution in [0.2, 0.25) is 0 Å². The van der Waals surface area contributed by atoms with Gasteiger partial charge in [-0.3, -0.25) is 14.9 Å². The van der Waals surface area contributed by atoms with Crippen molar-refractivity contribution in [3.8, 4) is 0 Å². The molecular weight excluding hydrogens is 260 g/mol. The summed E-state index contributed by atoms with van der Waals surface area (Å²) in [6.07, 6.45) is 5.57. The molecule has 1 heterocycles. The molecule has 7 heteroatoms. The number of anilines is 1. The summed E-state index contributed by atoms with van der Waals surface area (Å²) in [4.78, 5) is 25.9. The van der Waals surface area contributed by atoms with Crippen LogP contribution < -0.4 is 10.6 Å². The van der Waals surface area contributed by atoms with Crippen molar-refractivity contribution in [2.45, 2.75) is 44.7 Å². The number of amides is 1. The van der Waals surface area contributed by atoms with E-state index in [1.807, 2.05) is 0 Å². The van der Waals surface area contributed by atoms with Gasteiger partial charge in [0.1, 0.15) is 18.1 Å². The van der Waals surface area contributed by atoms with Crippen LogP contribution in [-0.2, 0) is 4.79 Å². The van der Waals surface area contributed by atoms with Crippen molar-refractivity contribution in [1.82, 2.24) is 10.3 Å². The molecule has 2 rings (SSSR count). The van der Waals surface area contributed by atoms with Crippen LogP contribution >= 0.6 is 0 Å². The van der Waals surface area contributed by atoms with Crippen LogP contribution in [0.25, 0.3) is 0 Å². The number of pyridine rings is 1. The van der Waals surface area contributed by atoms with Gasteiger partial charge in [0.15, 0.2) is 0 Å². The molecule has 0 radical (unpaired) electrons. The molecule has 108 valence electrons. The normalized spacial score (nSPS) is 16.6. The van der Waals surface area contributed by atoms with Crippen molar-refractivity contribution in [2.75, 3.05) is 5.32 Å².